The van der Waals surface area contributed by atoms with Crippen LogP contribution in [0.1, 0.15) is 21.6 Å². The number of aromatic nitrogens is 2. The summed E-state index contributed by atoms with van der Waals surface area (Å²) in [6, 6.07) is 12.3. The molecule has 1 N–H and O–H groups in total. The highest BCUT2D eigenvalue weighted by Gasteiger charge is 2.10. The van der Waals surface area contributed by atoms with E-state index in [0.29, 0.717) is 28.7 Å². The zero-order valence-corrected chi connectivity index (χ0v) is 13.3. The molecule has 0 saturated heterocycles. The molecule has 122 valence electrons. The van der Waals surface area contributed by atoms with Crippen LogP contribution in [0.25, 0.3) is 11.0 Å². The average molecular weight is 324 g/mol. The first-order chi connectivity index (χ1) is 11.6. The van der Waals surface area contributed by atoms with Crippen molar-refractivity contribution in [1.29, 1.82) is 0 Å². The molecule has 1 heterocycles. The van der Waals surface area contributed by atoms with E-state index in [0.717, 1.165) is 11.3 Å². The highest BCUT2D eigenvalue weighted by Crippen LogP contribution is 2.16. The molecule has 0 unspecified atom stereocenters. The fourth-order valence-electron chi connectivity index (χ4n) is 2.46. The fourth-order valence-corrected chi connectivity index (χ4v) is 2.46. The standard InChI is InChI=1S/C18H16N2O4/c1-23-13-5-3-4-11(8-13)9-16-17(21)20-14-7-6-12(18(22)24-2)10-15(14)19-16/h3-8,10H,9H2,1-2H3,(H,20,21). The Balaban J connectivity index is 2.02. The molecule has 6 heteroatoms. The number of esters is 1. The predicted octanol–water partition coefficient (Wildman–Crippen LogP) is 2.31. The van der Waals surface area contributed by atoms with E-state index < -0.39 is 5.97 Å². The normalized spacial score (nSPS) is 10.6. The Morgan fingerprint density at radius 2 is 2.00 bits per heavy atom. The molecule has 0 aliphatic heterocycles. The smallest absolute Gasteiger partial charge is 0.337 e. The van der Waals surface area contributed by atoms with Crippen molar-refractivity contribution in [2.75, 3.05) is 14.2 Å². The molecule has 0 saturated carbocycles. The van der Waals surface area contributed by atoms with E-state index in [1.807, 2.05) is 24.3 Å². The predicted molar refractivity (Wildman–Crippen MR) is 89.5 cm³/mol. The van der Waals surface area contributed by atoms with Crippen LogP contribution < -0.4 is 10.3 Å². The fraction of sp³-hybridized carbons (Fsp3) is 0.167. The molecular weight excluding hydrogens is 308 g/mol. The Morgan fingerprint density at radius 1 is 1.17 bits per heavy atom. The number of aromatic amines is 1. The van der Waals surface area contributed by atoms with E-state index in [1.165, 1.54) is 7.11 Å². The first kappa shape index (κ1) is 15.7. The van der Waals surface area contributed by atoms with Crippen LogP contribution >= 0.6 is 0 Å². The number of rotatable bonds is 4. The van der Waals surface area contributed by atoms with Crippen molar-refractivity contribution in [1.82, 2.24) is 9.97 Å². The Hall–Kier alpha value is -3.15. The molecule has 0 aliphatic carbocycles. The second kappa shape index (κ2) is 6.54. The molecule has 0 aliphatic rings. The lowest BCUT2D eigenvalue weighted by atomic mass is 10.1. The summed E-state index contributed by atoms with van der Waals surface area (Å²) < 4.78 is 9.90. The van der Waals surface area contributed by atoms with E-state index in [1.54, 1.807) is 25.3 Å². The van der Waals surface area contributed by atoms with Gasteiger partial charge in [0.1, 0.15) is 11.4 Å². The highest BCUT2D eigenvalue weighted by atomic mass is 16.5. The van der Waals surface area contributed by atoms with Crippen molar-refractivity contribution >= 4 is 17.0 Å². The number of hydrogen-bond donors (Lipinski definition) is 1. The SMILES string of the molecule is COC(=O)c1ccc2[nH]c(=O)c(Cc3cccc(OC)c3)nc2c1. The number of benzene rings is 2. The second-order valence-corrected chi connectivity index (χ2v) is 5.26. The lowest BCUT2D eigenvalue weighted by Crippen LogP contribution is -2.16. The van der Waals surface area contributed by atoms with Gasteiger partial charge in [-0.15, -0.1) is 0 Å². The molecule has 3 aromatic rings. The molecule has 0 atom stereocenters. The topological polar surface area (TPSA) is 81.3 Å². The summed E-state index contributed by atoms with van der Waals surface area (Å²) in [6.45, 7) is 0. The first-order valence-electron chi connectivity index (χ1n) is 7.35. The molecule has 0 radical (unpaired) electrons. The first-order valence-corrected chi connectivity index (χ1v) is 7.35. The summed E-state index contributed by atoms with van der Waals surface area (Å²) >= 11 is 0. The molecule has 2 aromatic carbocycles. The molecule has 0 bridgehead atoms. The van der Waals surface area contributed by atoms with Gasteiger partial charge in [0.15, 0.2) is 0 Å². The number of carbonyl (C=O) groups excluding carboxylic acids is 1. The molecule has 0 fully saturated rings. The lowest BCUT2D eigenvalue weighted by molar-refractivity contribution is 0.0601. The maximum Gasteiger partial charge on any atom is 0.337 e. The van der Waals surface area contributed by atoms with Gasteiger partial charge in [0, 0.05) is 6.42 Å². The van der Waals surface area contributed by atoms with Crippen LogP contribution in [-0.4, -0.2) is 30.2 Å². The van der Waals surface area contributed by atoms with Gasteiger partial charge in [0.2, 0.25) is 0 Å². The van der Waals surface area contributed by atoms with Crippen LogP contribution in [0.2, 0.25) is 0 Å². The summed E-state index contributed by atoms with van der Waals surface area (Å²) in [5, 5.41) is 0. The minimum atomic E-state index is -0.445. The highest BCUT2D eigenvalue weighted by molar-refractivity contribution is 5.93. The third-order valence-corrected chi connectivity index (χ3v) is 3.69. The number of fused-ring (bicyclic) bond motifs is 1. The van der Waals surface area contributed by atoms with Crippen molar-refractivity contribution in [2.24, 2.45) is 0 Å². The Kier molecular flexibility index (Phi) is 4.29. The largest absolute Gasteiger partial charge is 0.497 e. The van der Waals surface area contributed by atoms with Crippen molar-refractivity contribution in [2.45, 2.75) is 6.42 Å². The monoisotopic (exact) mass is 324 g/mol. The van der Waals surface area contributed by atoms with Crippen LogP contribution in [-0.2, 0) is 11.2 Å². The zero-order chi connectivity index (χ0) is 17.1. The summed E-state index contributed by atoms with van der Waals surface area (Å²) in [4.78, 5) is 31.1. The molecule has 1 aromatic heterocycles. The Labute approximate surface area is 138 Å². The Bertz CT molecular complexity index is 963. The number of hydrogen-bond acceptors (Lipinski definition) is 5. The van der Waals surface area contributed by atoms with Gasteiger partial charge in [-0.25, -0.2) is 9.78 Å². The van der Waals surface area contributed by atoms with Crippen LogP contribution in [0, 0.1) is 0 Å². The van der Waals surface area contributed by atoms with Crippen LogP contribution in [0.5, 0.6) is 5.75 Å². The number of methoxy groups -OCH3 is 2. The van der Waals surface area contributed by atoms with E-state index >= 15 is 0 Å². The summed E-state index contributed by atoms with van der Waals surface area (Å²) in [5.41, 5.74) is 2.53. The van der Waals surface area contributed by atoms with Gasteiger partial charge >= 0.3 is 5.97 Å². The van der Waals surface area contributed by atoms with Crippen LogP contribution in [0.4, 0.5) is 0 Å². The number of nitrogens with one attached hydrogen (secondary N) is 1. The van der Waals surface area contributed by atoms with Crippen molar-refractivity contribution in [3.05, 3.63) is 69.6 Å². The minimum absolute atomic E-state index is 0.254. The summed E-state index contributed by atoms with van der Waals surface area (Å²) in [6.07, 6.45) is 0.366. The van der Waals surface area contributed by atoms with Crippen molar-refractivity contribution in [3.8, 4) is 5.75 Å². The third kappa shape index (κ3) is 3.12. The molecular formula is C18H16N2O4. The molecule has 6 nitrogen and oxygen atoms in total. The minimum Gasteiger partial charge on any atom is -0.497 e. The quantitative estimate of drug-likeness (QED) is 0.745. The van der Waals surface area contributed by atoms with E-state index in [4.69, 9.17) is 9.47 Å². The van der Waals surface area contributed by atoms with E-state index in [2.05, 4.69) is 9.97 Å². The second-order valence-electron chi connectivity index (χ2n) is 5.26. The van der Waals surface area contributed by atoms with Crippen molar-refractivity contribution in [3.63, 3.8) is 0 Å². The van der Waals surface area contributed by atoms with Gasteiger partial charge in [-0.2, -0.15) is 0 Å². The zero-order valence-electron chi connectivity index (χ0n) is 13.3. The molecule has 0 spiro atoms. The number of ether oxygens (including phenoxy) is 2. The van der Waals surface area contributed by atoms with Gasteiger partial charge in [0.05, 0.1) is 30.8 Å². The molecule has 0 amide bonds. The molecule has 24 heavy (non-hydrogen) atoms. The molecule has 3 rings (SSSR count). The van der Waals surface area contributed by atoms with Gasteiger partial charge in [-0.05, 0) is 35.9 Å². The maximum absolute atomic E-state index is 12.2. The van der Waals surface area contributed by atoms with Crippen LogP contribution in [0.3, 0.4) is 0 Å². The van der Waals surface area contributed by atoms with Gasteiger partial charge in [-0.3, -0.25) is 4.79 Å². The Morgan fingerprint density at radius 3 is 2.75 bits per heavy atom. The lowest BCUT2D eigenvalue weighted by Gasteiger charge is -2.06. The number of nitrogens with zero attached hydrogens (tertiary/aromatic N) is 1. The van der Waals surface area contributed by atoms with E-state index in [9.17, 15) is 9.59 Å². The van der Waals surface area contributed by atoms with Crippen molar-refractivity contribution < 1.29 is 14.3 Å². The number of carbonyl (C=O) groups is 1. The van der Waals surface area contributed by atoms with Crippen LogP contribution in [0.15, 0.2) is 47.3 Å². The summed E-state index contributed by atoms with van der Waals surface area (Å²) in [7, 11) is 2.91. The number of H-pyrrole nitrogens is 1. The maximum atomic E-state index is 12.2. The van der Waals surface area contributed by atoms with Gasteiger partial charge in [0.25, 0.3) is 5.56 Å². The summed E-state index contributed by atoms with van der Waals surface area (Å²) in [5.74, 6) is 0.275. The van der Waals surface area contributed by atoms with E-state index in [-0.39, 0.29) is 5.56 Å². The third-order valence-electron chi connectivity index (χ3n) is 3.69. The van der Waals surface area contributed by atoms with Gasteiger partial charge in [-0.1, -0.05) is 12.1 Å². The van der Waals surface area contributed by atoms with Gasteiger partial charge < -0.3 is 14.5 Å². The average Bonchev–Trinajstić information content (AvgIpc) is 2.61.